The quantitative estimate of drug-likeness (QED) is 0.662. The van der Waals surface area contributed by atoms with Gasteiger partial charge < -0.3 is 24.5 Å². The van der Waals surface area contributed by atoms with Crippen LogP contribution in [0.5, 0.6) is 0 Å². The largest absolute Gasteiger partial charge is 0.475 e. The maximum Gasteiger partial charge on any atom is 0.371 e. The summed E-state index contributed by atoms with van der Waals surface area (Å²) >= 11 is 0. The number of carboxylic acids is 1. The van der Waals surface area contributed by atoms with E-state index in [9.17, 15) is 4.79 Å². The molecule has 0 amide bonds. The van der Waals surface area contributed by atoms with E-state index in [0.29, 0.717) is 25.6 Å². The lowest BCUT2D eigenvalue weighted by Crippen LogP contribution is -2.19. The summed E-state index contributed by atoms with van der Waals surface area (Å²) < 4.78 is 10.4. The molecule has 0 saturated heterocycles. The molecule has 0 aromatic carbocycles. The topological polar surface area (TPSA) is 74.9 Å². The Balaban J connectivity index is 2.11. The number of aromatic carboxylic acids is 1. The van der Waals surface area contributed by atoms with Crippen LogP contribution >= 0.6 is 0 Å². The standard InChI is InChI=1S/C11H18N2O4/c1-13(2)6-8-16-7-5-12-10-4-3-9(17-10)11(14)15/h3-4,12H,5-8H2,1-2H3,(H,14,15). The molecule has 1 aromatic rings. The van der Waals surface area contributed by atoms with E-state index in [4.69, 9.17) is 14.3 Å². The van der Waals surface area contributed by atoms with E-state index in [-0.39, 0.29) is 5.76 Å². The molecule has 6 nitrogen and oxygen atoms in total. The molecule has 0 bridgehead atoms. The van der Waals surface area contributed by atoms with E-state index in [2.05, 4.69) is 5.32 Å². The highest BCUT2D eigenvalue weighted by Crippen LogP contribution is 2.12. The van der Waals surface area contributed by atoms with Crippen LogP contribution in [0.1, 0.15) is 10.6 Å². The minimum Gasteiger partial charge on any atom is -0.475 e. The molecule has 0 spiro atoms. The van der Waals surface area contributed by atoms with Crippen molar-refractivity contribution in [3.05, 3.63) is 17.9 Å². The van der Waals surface area contributed by atoms with E-state index in [0.717, 1.165) is 6.54 Å². The van der Waals surface area contributed by atoms with Gasteiger partial charge in [0.15, 0.2) is 5.88 Å². The lowest BCUT2D eigenvalue weighted by molar-refractivity contribution is 0.0663. The third kappa shape index (κ3) is 5.37. The van der Waals surface area contributed by atoms with Crippen LogP contribution in [-0.2, 0) is 4.74 Å². The molecule has 1 aromatic heterocycles. The number of furan rings is 1. The molecule has 0 aliphatic rings. The van der Waals surface area contributed by atoms with Gasteiger partial charge in [0.05, 0.1) is 13.2 Å². The van der Waals surface area contributed by atoms with Crippen molar-refractivity contribution < 1.29 is 19.1 Å². The van der Waals surface area contributed by atoms with Gasteiger partial charge in [-0.1, -0.05) is 0 Å². The number of anilines is 1. The van der Waals surface area contributed by atoms with Gasteiger partial charge in [0.25, 0.3) is 0 Å². The minimum absolute atomic E-state index is 0.0685. The second kappa shape index (κ2) is 6.93. The number of rotatable bonds is 8. The lowest BCUT2D eigenvalue weighted by Gasteiger charge is -2.09. The molecule has 0 atom stereocenters. The summed E-state index contributed by atoms with van der Waals surface area (Å²) in [6.45, 7) is 2.69. The monoisotopic (exact) mass is 242 g/mol. The maximum absolute atomic E-state index is 10.5. The zero-order valence-electron chi connectivity index (χ0n) is 10.1. The van der Waals surface area contributed by atoms with Crippen molar-refractivity contribution >= 4 is 11.9 Å². The molecule has 17 heavy (non-hydrogen) atoms. The second-order valence-electron chi connectivity index (χ2n) is 3.81. The van der Waals surface area contributed by atoms with E-state index in [1.54, 1.807) is 6.07 Å². The molecular weight excluding hydrogens is 224 g/mol. The van der Waals surface area contributed by atoms with Gasteiger partial charge in [-0.3, -0.25) is 0 Å². The van der Waals surface area contributed by atoms with Gasteiger partial charge in [-0.2, -0.15) is 0 Å². The first kappa shape index (κ1) is 13.5. The number of carbonyl (C=O) groups is 1. The zero-order valence-corrected chi connectivity index (χ0v) is 10.1. The van der Waals surface area contributed by atoms with Crippen LogP contribution in [0.2, 0.25) is 0 Å². The highest BCUT2D eigenvalue weighted by atomic mass is 16.5. The number of hydrogen-bond donors (Lipinski definition) is 2. The summed E-state index contributed by atoms with van der Waals surface area (Å²) in [6, 6.07) is 3.00. The van der Waals surface area contributed by atoms with Crippen LogP contribution in [0.4, 0.5) is 5.88 Å². The first-order valence-electron chi connectivity index (χ1n) is 5.39. The maximum atomic E-state index is 10.5. The lowest BCUT2D eigenvalue weighted by atomic mass is 10.4. The molecule has 0 radical (unpaired) electrons. The molecule has 96 valence electrons. The van der Waals surface area contributed by atoms with Gasteiger partial charge in [-0.25, -0.2) is 4.79 Å². The van der Waals surface area contributed by atoms with Crippen LogP contribution in [0.3, 0.4) is 0 Å². The Morgan fingerprint density at radius 2 is 2.24 bits per heavy atom. The molecule has 0 aliphatic heterocycles. The molecule has 2 N–H and O–H groups in total. The van der Waals surface area contributed by atoms with Gasteiger partial charge in [0.1, 0.15) is 0 Å². The van der Waals surface area contributed by atoms with Crippen LogP contribution < -0.4 is 5.32 Å². The summed E-state index contributed by atoms with van der Waals surface area (Å²) in [7, 11) is 3.97. The average Bonchev–Trinajstić information content (AvgIpc) is 2.71. The fourth-order valence-electron chi connectivity index (χ4n) is 1.14. The number of carboxylic acid groups (broad SMARTS) is 1. The average molecular weight is 242 g/mol. The Hall–Kier alpha value is -1.53. The summed E-state index contributed by atoms with van der Waals surface area (Å²) in [4.78, 5) is 12.6. The number of nitrogens with zero attached hydrogens (tertiary/aromatic N) is 1. The van der Waals surface area contributed by atoms with Crippen molar-refractivity contribution in [1.29, 1.82) is 0 Å². The molecule has 6 heteroatoms. The Morgan fingerprint density at radius 3 is 2.82 bits per heavy atom. The SMILES string of the molecule is CN(C)CCOCCNc1ccc(C(=O)O)o1. The summed E-state index contributed by atoms with van der Waals surface area (Å²) in [5.41, 5.74) is 0. The van der Waals surface area contributed by atoms with Crippen molar-refractivity contribution in [1.82, 2.24) is 4.90 Å². The van der Waals surface area contributed by atoms with Crippen molar-refractivity contribution in [2.24, 2.45) is 0 Å². The Bertz CT molecular complexity index is 349. The minimum atomic E-state index is -1.07. The van der Waals surface area contributed by atoms with Crippen LogP contribution in [0.25, 0.3) is 0 Å². The third-order valence-corrected chi connectivity index (χ3v) is 2.05. The van der Waals surface area contributed by atoms with Crippen LogP contribution in [0, 0.1) is 0 Å². The normalized spacial score (nSPS) is 10.8. The van der Waals surface area contributed by atoms with Crippen molar-refractivity contribution in [2.75, 3.05) is 45.7 Å². The fraction of sp³-hybridized carbons (Fsp3) is 0.545. The fourth-order valence-corrected chi connectivity index (χ4v) is 1.14. The number of nitrogens with one attached hydrogen (secondary N) is 1. The summed E-state index contributed by atoms with van der Waals surface area (Å²) in [6.07, 6.45) is 0. The van der Waals surface area contributed by atoms with Gasteiger partial charge in [-0.05, 0) is 20.2 Å². The number of hydrogen-bond acceptors (Lipinski definition) is 5. The Labute approximate surface area is 100 Å². The zero-order chi connectivity index (χ0) is 12.7. The summed E-state index contributed by atoms with van der Waals surface area (Å²) in [5, 5.41) is 11.6. The number of ether oxygens (including phenoxy) is 1. The van der Waals surface area contributed by atoms with E-state index >= 15 is 0 Å². The third-order valence-electron chi connectivity index (χ3n) is 2.05. The van der Waals surface area contributed by atoms with E-state index in [1.165, 1.54) is 6.07 Å². The molecule has 0 unspecified atom stereocenters. The van der Waals surface area contributed by atoms with E-state index in [1.807, 2.05) is 19.0 Å². The van der Waals surface area contributed by atoms with Crippen molar-refractivity contribution in [2.45, 2.75) is 0 Å². The molecule has 0 saturated carbocycles. The van der Waals surface area contributed by atoms with Gasteiger partial charge >= 0.3 is 5.97 Å². The van der Waals surface area contributed by atoms with Gasteiger partial charge in [-0.15, -0.1) is 0 Å². The Morgan fingerprint density at radius 1 is 1.47 bits per heavy atom. The van der Waals surface area contributed by atoms with Gasteiger partial charge in [0.2, 0.25) is 5.76 Å². The molecule has 1 heterocycles. The highest BCUT2D eigenvalue weighted by molar-refractivity contribution is 5.84. The predicted octanol–water partition coefficient (Wildman–Crippen LogP) is 0.968. The first-order valence-corrected chi connectivity index (χ1v) is 5.39. The van der Waals surface area contributed by atoms with Gasteiger partial charge in [0, 0.05) is 19.2 Å². The Kier molecular flexibility index (Phi) is 5.51. The summed E-state index contributed by atoms with van der Waals surface area (Å²) in [5.74, 6) is -0.695. The van der Waals surface area contributed by atoms with Crippen LogP contribution in [-0.4, -0.2) is 56.4 Å². The molecule has 0 fully saturated rings. The molecular formula is C11H18N2O4. The molecule has 0 aliphatic carbocycles. The molecule has 1 rings (SSSR count). The van der Waals surface area contributed by atoms with Crippen molar-refractivity contribution in [3.8, 4) is 0 Å². The predicted molar refractivity (Wildman–Crippen MR) is 63.5 cm³/mol. The van der Waals surface area contributed by atoms with Crippen molar-refractivity contribution in [3.63, 3.8) is 0 Å². The number of likely N-dealkylation sites (N-methyl/N-ethyl adjacent to an activating group) is 1. The van der Waals surface area contributed by atoms with Crippen LogP contribution in [0.15, 0.2) is 16.5 Å². The second-order valence-corrected chi connectivity index (χ2v) is 3.81. The smallest absolute Gasteiger partial charge is 0.371 e. The first-order chi connectivity index (χ1) is 8.09. The highest BCUT2D eigenvalue weighted by Gasteiger charge is 2.07. The van der Waals surface area contributed by atoms with E-state index < -0.39 is 5.97 Å².